The van der Waals surface area contributed by atoms with Gasteiger partial charge in [0, 0.05) is 17.4 Å². The summed E-state index contributed by atoms with van der Waals surface area (Å²) in [4.78, 5) is 40.6. The Morgan fingerprint density at radius 2 is 1.22 bits per heavy atom. The Kier molecular flexibility index (Phi) is 12.0. The van der Waals surface area contributed by atoms with E-state index in [0.29, 0.717) is 0 Å². The topological polar surface area (TPSA) is 145 Å². The van der Waals surface area contributed by atoms with Gasteiger partial charge in [-0.3, -0.25) is 4.79 Å². The minimum Gasteiger partial charge on any atom is -0.453 e. The Bertz CT molecular complexity index is 1850. The summed E-state index contributed by atoms with van der Waals surface area (Å²) in [6.45, 7) is 2.93. The summed E-state index contributed by atoms with van der Waals surface area (Å²) in [7, 11) is 0. The van der Waals surface area contributed by atoms with E-state index in [0.717, 1.165) is 10.5 Å². The summed E-state index contributed by atoms with van der Waals surface area (Å²) in [6.07, 6.45) is -11.3. The molecular weight excluding hydrogens is 717 g/mol. The molecule has 11 atom stereocenters. The van der Waals surface area contributed by atoms with Crippen molar-refractivity contribution in [3.8, 4) is 0 Å². The van der Waals surface area contributed by atoms with Gasteiger partial charge in [0.25, 0.3) is 0 Å². The maximum absolute atomic E-state index is 13.6. The first kappa shape index (κ1) is 37.7. The molecule has 0 radical (unpaired) electrons. The fourth-order valence-corrected chi connectivity index (χ4v) is 7.69. The monoisotopic (exact) mass is 756 g/mol. The van der Waals surface area contributed by atoms with Crippen molar-refractivity contribution >= 4 is 29.7 Å². The molecular formula is C41H40O12S. The maximum atomic E-state index is 13.6. The van der Waals surface area contributed by atoms with Gasteiger partial charge < -0.3 is 43.0 Å². The Hall–Kier alpha value is -4.60. The molecule has 282 valence electrons. The van der Waals surface area contributed by atoms with Gasteiger partial charge in [-0.2, -0.15) is 0 Å². The van der Waals surface area contributed by atoms with Gasteiger partial charge >= 0.3 is 17.9 Å². The highest BCUT2D eigenvalue weighted by atomic mass is 32.2. The Labute approximate surface area is 316 Å². The second-order valence-electron chi connectivity index (χ2n) is 13.0. The predicted molar refractivity (Wildman–Crippen MR) is 193 cm³/mol. The number of aliphatic hydroxyl groups is 1. The number of ether oxygens (including phenoxy) is 8. The lowest BCUT2D eigenvalue weighted by Crippen LogP contribution is -2.66. The van der Waals surface area contributed by atoms with Gasteiger partial charge in [-0.15, -0.1) is 0 Å². The van der Waals surface area contributed by atoms with Crippen molar-refractivity contribution in [1.82, 2.24) is 0 Å². The molecule has 0 saturated carbocycles. The van der Waals surface area contributed by atoms with Crippen LogP contribution in [0, 0.1) is 0 Å². The number of esters is 3. The van der Waals surface area contributed by atoms with E-state index in [1.165, 1.54) is 18.7 Å². The highest BCUT2D eigenvalue weighted by molar-refractivity contribution is 7.99. The molecule has 4 aromatic rings. The van der Waals surface area contributed by atoms with E-state index in [4.69, 9.17) is 37.9 Å². The summed E-state index contributed by atoms with van der Waals surface area (Å²) in [6, 6.07) is 35.3. The number of rotatable bonds is 10. The molecule has 1 N–H and O–H groups in total. The Morgan fingerprint density at radius 3 is 1.81 bits per heavy atom. The molecule has 3 fully saturated rings. The normalized spacial score (nSPS) is 30.7. The second-order valence-corrected chi connectivity index (χ2v) is 14.2. The third-order valence-corrected chi connectivity index (χ3v) is 10.4. The Morgan fingerprint density at radius 1 is 0.667 bits per heavy atom. The van der Waals surface area contributed by atoms with Gasteiger partial charge in [0.2, 0.25) is 0 Å². The molecule has 0 bridgehead atoms. The first-order valence-corrected chi connectivity index (χ1v) is 18.5. The van der Waals surface area contributed by atoms with Gasteiger partial charge in [0.1, 0.15) is 29.9 Å². The van der Waals surface area contributed by atoms with Crippen molar-refractivity contribution in [3.05, 3.63) is 138 Å². The fraction of sp³-hybridized carbons (Fsp3) is 0.341. The lowest BCUT2D eigenvalue weighted by Gasteiger charge is -2.50. The highest BCUT2D eigenvalue weighted by Gasteiger charge is 2.56. The van der Waals surface area contributed by atoms with Crippen LogP contribution in [0.4, 0.5) is 0 Å². The van der Waals surface area contributed by atoms with E-state index >= 15 is 0 Å². The smallest absolute Gasteiger partial charge is 0.338 e. The summed E-state index contributed by atoms with van der Waals surface area (Å²) in [5.41, 5.74) is 0.387. The lowest BCUT2D eigenvalue weighted by molar-refractivity contribution is -0.363. The molecule has 12 nitrogen and oxygen atoms in total. The van der Waals surface area contributed by atoms with E-state index in [2.05, 4.69) is 0 Å². The standard InChI is InChI=1S/C41H40O12S/c1-24-32(50-37(44)26-15-7-3-8-16-26)35(51-38(45)27-17-9-4-10-18-27)36(48-25(2)42)40(47-24)53-34-31(43)41(54-29-21-13-6-14-22-29)49-30-23-46-39(52-33(30)34)28-19-11-5-12-20-28/h3-22,24,30-36,39-41,43H,23H2,1-2H3/t24-,30+,31+,32-,33+,34+,35+,36+,39+,40-,41-/m0/s1. The number of hydrogen-bond acceptors (Lipinski definition) is 13. The third kappa shape index (κ3) is 8.68. The number of thioether (sulfide) groups is 1. The van der Waals surface area contributed by atoms with Crippen LogP contribution in [0.1, 0.15) is 46.4 Å². The molecule has 13 heteroatoms. The summed E-state index contributed by atoms with van der Waals surface area (Å²) in [5.74, 6) is -2.20. The van der Waals surface area contributed by atoms with Gasteiger partial charge in [-0.1, -0.05) is 96.7 Å². The zero-order chi connectivity index (χ0) is 37.6. The van der Waals surface area contributed by atoms with Crippen molar-refractivity contribution in [3.63, 3.8) is 0 Å². The van der Waals surface area contributed by atoms with Crippen LogP contribution in [-0.2, 0) is 42.7 Å². The summed E-state index contributed by atoms with van der Waals surface area (Å²) in [5, 5.41) is 12.0. The summed E-state index contributed by atoms with van der Waals surface area (Å²) >= 11 is 1.30. The molecule has 0 unspecified atom stereocenters. The van der Waals surface area contributed by atoms with E-state index in [1.807, 2.05) is 60.7 Å². The van der Waals surface area contributed by atoms with Crippen LogP contribution >= 0.6 is 11.8 Å². The van der Waals surface area contributed by atoms with Crippen LogP contribution in [0.5, 0.6) is 0 Å². The van der Waals surface area contributed by atoms with Crippen molar-refractivity contribution in [2.75, 3.05) is 6.61 Å². The average Bonchev–Trinajstić information content (AvgIpc) is 3.20. The number of hydrogen-bond donors (Lipinski definition) is 1. The lowest BCUT2D eigenvalue weighted by atomic mass is 9.96. The summed E-state index contributed by atoms with van der Waals surface area (Å²) < 4.78 is 49.7. The number of carbonyl (C=O) groups excluding carboxylic acids is 3. The second kappa shape index (κ2) is 17.2. The average molecular weight is 757 g/mol. The maximum Gasteiger partial charge on any atom is 0.338 e. The predicted octanol–water partition coefficient (Wildman–Crippen LogP) is 5.49. The number of fused-ring (bicyclic) bond motifs is 1. The number of carbonyl (C=O) groups is 3. The van der Waals surface area contributed by atoms with E-state index in [9.17, 15) is 19.5 Å². The van der Waals surface area contributed by atoms with Crippen LogP contribution in [0.3, 0.4) is 0 Å². The quantitative estimate of drug-likeness (QED) is 0.161. The number of aliphatic hydroxyl groups excluding tert-OH is 1. The van der Waals surface area contributed by atoms with Gasteiger partial charge in [-0.25, -0.2) is 9.59 Å². The van der Waals surface area contributed by atoms with Crippen molar-refractivity contribution < 1.29 is 57.4 Å². The molecule has 0 amide bonds. The molecule has 3 saturated heterocycles. The first-order chi connectivity index (χ1) is 26.2. The van der Waals surface area contributed by atoms with Crippen molar-refractivity contribution in [2.45, 2.75) is 85.6 Å². The molecule has 0 aromatic heterocycles. The molecule has 7 rings (SSSR count). The van der Waals surface area contributed by atoms with E-state index in [1.54, 1.807) is 67.6 Å². The largest absolute Gasteiger partial charge is 0.453 e. The van der Waals surface area contributed by atoms with Crippen molar-refractivity contribution in [2.24, 2.45) is 0 Å². The van der Waals surface area contributed by atoms with E-state index in [-0.39, 0.29) is 17.7 Å². The first-order valence-electron chi connectivity index (χ1n) is 17.6. The molecule has 3 heterocycles. The van der Waals surface area contributed by atoms with Gasteiger partial charge in [0.15, 0.2) is 30.9 Å². The zero-order valence-electron chi connectivity index (χ0n) is 29.5. The Balaban J connectivity index is 1.22. The highest BCUT2D eigenvalue weighted by Crippen LogP contribution is 2.41. The van der Waals surface area contributed by atoms with Crippen LogP contribution in [0.25, 0.3) is 0 Å². The molecule has 3 aliphatic heterocycles. The van der Waals surface area contributed by atoms with Gasteiger partial charge in [-0.05, 0) is 43.3 Å². The van der Waals surface area contributed by atoms with Gasteiger partial charge in [0.05, 0.1) is 23.8 Å². The molecule has 54 heavy (non-hydrogen) atoms. The third-order valence-electron chi connectivity index (χ3n) is 9.20. The minimum atomic E-state index is -1.46. The molecule has 0 aliphatic carbocycles. The molecule has 4 aromatic carbocycles. The fourth-order valence-electron chi connectivity index (χ4n) is 6.61. The SMILES string of the molecule is CC(=O)O[C@H]1[C@H](O[C@@H]2[C@@H](O)[C@H](Sc3ccccc3)O[C@@H]3CO[C@@H](c4ccccc4)O[C@@H]23)O[C@@H](C)[C@H](OC(=O)c2ccccc2)[C@H]1OC(=O)c1ccccc1. The number of benzene rings is 4. The van der Waals surface area contributed by atoms with Crippen LogP contribution < -0.4 is 0 Å². The van der Waals surface area contributed by atoms with Crippen LogP contribution in [-0.4, -0.2) is 90.2 Å². The molecule has 3 aliphatic rings. The van der Waals surface area contributed by atoms with Crippen LogP contribution in [0.15, 0.2) is 126 Å². The van der Waals surface area contributed by atoms with Crippen molar-refractivity contribution in [1.29, 1.82) is 0 Å². The van der Waals surface area contributed by atoms with Crippen LogP contribution in [0.2, 0.25) is 0 Å². The zero-order valence-corrected chi connectivity index (χ0v) is 30.3. The van der Waals surface area contributed by atoms with E-state index < -0.39 is 84.8 Å². The molecule has 0 spiro atoms. The minimum absolute atomic E-state index is 0.118.